The van der Waals surface area contributed by atoms with Crippen LogP contribution in [0.25, 0.3) is 0 Å². The molecule has 0 fully saturated rings. The summed E-state index contributed by atoms with van der Waals surface area (Å²) in [5.41, 5.74) is 1.47. The SMILES string of the molecule is CON(C)C(=O)c1cccc(OCc2cccc(Cl)c2)c1. The largest absolute Gasteiger partial charge is 0.489 e. The zero-order chi connectivity index (χ0) is 15.2. The highest BCUT2D eigenvalue weighted by molar-refractivity contribution is 6.30. The van der Waals surface area contributed by atoms with E-state index in [9.17, 15) is 4.79 Å². The minimum Gasteiger partial charge on any atom is -0.489 e. The van der Waals surface area contributed by atoms with Crippen LogP contribution in [0.15, 0.2) is 48.5 Å². The predicted molar refractivity (Wildman–Crippen MR) is 81.3 cm³/mol. The number of carbonyl (C=O) groups is 1. The van der Waals surface area contributed by atoms with Crippen LogP contribution in [0.1, 0.15) is 15.9 Å². The first-order valence-electron chi connectivity index (χ1n) is 6.39. The maximum absolute atomic E-state index is 12.0. The first-order valence-corrected chi connectivity index (χ1v) is 6.77. The minimum absolute atomic E-state index is 0.231. The second-order valence-electron chi connectivity index (χ2n) is 4.43. The van der Waals surface area contributed by atoms with Crippen LogP contribution in [0.5, 0.6) is 5.75 Å². The van der Waals surface area contributed by atoms with E-state index in [1.807, 2.05) is 24.3 Å². The lowest BCUT2D eigenvalue weighted by Crippen LogP contribution is -2.25. The first-order chi connectivity index (χ1) is 10.1. The van der Waals surface area contributed by atoms with Gasteiger partial charge in [-0.2, -0.15) is 0 Å². The fourth-order valence-electron chi connectivity index (χ4n) is 1.78. The van der Waals surface area contributed by atoms with Crippen LogP contribution in [0.2, 0.25) is 5.02 Å². The van der Waals surface area contributed by atoms with Crippen molar-refractivity contribution in [3.63, 3.8) is 0 Å². The average molecular weight is 306 g/mol. The Hall–Kier alpha value is -2.04. The van der Waals surface area contributed by atoms with Gasteiger partial charge in [-0.25, -0.2) is 5.06 Å². The van der Waals surface area contributed by atoms with Gasteiger partial charge in [-0.05, 0) is 35.9 Å². The molecule has 110 valence electrons. The highest BCUT2D eigenvalue weighted by Crippen LogP contribution is 2.17. The molecule has 0 aromatic heterocycles. The quantitative estimate of drug-likeness (QED) is 0.793. The van der Waals surface area contributed by atoms with Gasteiger partial charge in [-0.1, -0.05) is 29.8 Å². The van der Waals surface area contributed by atoms with E-state index in [1.54, 1.807) is 31.3 Å². The molecule has 1 amide bonds. The number of hydroxylamine groups is 2. The van der Waals surface area contributed by atoms with Crippen LogP contribution in [-0.2, 0) is 11.4 Å². The van der Waals surface area contributed by atoms with Gasteiger partial charge in [0.25, 0.3) is 5.91 Å². The summed E-state index contributed by atoms with van der Waals surface area (Å²) in [6, 6.07) is 14.4. The molecule has 2 aromatic carbocycles. The van der Waals surface area contributed by atoms with Gasteiger partial charge in [0.1, 0.15) is 12.4 Å². The third kappa shape index (κ3) is 4.21. The van der Waals surface area contributed by atoms with E-state index in [4.69, 9.17) is 21.2 Å². The number of rotatable bonds is 5. The maximum atomic E-state index is 12.0. The maximum Gasteiger partial charge on any atom is 0.277 e. The van der Waals surface area contributed by atoms with Crippen LogP contribution in [-0.4, -0.2) is 25.1 Å². The average Bonchev–Trinajstić information content (AvgIpc) is 2.52. The molecule has 0 radical (unpaired) electrons. The van der Waals surface area contributed by atoms with Gasteiger partial charge < -0.3 is 4.74 Å². The molecule has 4 nitrogen and oxygen atoms in total. The van der Waals surface area contributed by atoms with Gasteiger partial charge in [0, 0.05) is 17.6 Å². The lowest BCUT2D eigenvalue weighted by Gasteiger charge is -2.14. The summed E-state index contributed by atoms with van der Waals surface area (Å²) in [4.78, 5) is 16.9. The molecule has 0 aliphatic heterocycles. The number of halogens is 1. The highest BCUT2D eigenvalue weighted by Gasteiger charge is 2.11. The van der Waals surface area contributed by atoms with E-state index in [0.717, 1.165) is 10.6 Å². The van der Waals surface area contributed by atoms with Crippen molar-refractivity contribution < 1.29 is 14.4 Å². The molecule has 5 heteroatoms. The zero-order valence-corrected chi connectivity index (χ0v) is 12.6. The lowest BCUT2D eigenvalue weighted by molar-refractivity contribution is -0.0757. The number of amides is 1. The second kappa shape index (κ2) is 7.11. The van der Waals surface area contributed by atoms with Crippen molar-refractivity contribution in [3.8, 4) is 5.75 Å². The molecular weight excluding hydrogens is 290 g/mol. The van der Waals surface area contributed by atoms with Crippen LogP contribution in [0.3, 0.4) is 0 Å². The lowest BCUT2D eigenvalue weighted by atomic mass is 10.2. The topological polar surface area (TPSA) is 38.8 Å². The molecule has 2 aromatic rings. The fraction of sp³-hybridized carbons (Fsp3) is 0.188. The Balaban J connectivity index is 2.06. The van der Waals surface area contributed by atoms with Gasteiger partial charge in [0.05, 0.1) is 7.11 Å². The molecule has 2 rings (SSSR count). The monoisotopic (exact) mass is 305 g/mol. The molecule has 0 saturated heterocycles. The number of hydrogen-bond donors (Lipinski definition) is 0. The van der Waals surface area contributed by atoms with E-state index in [-0.39, 0.29) is 5.91 Å². The zero-order valence-electron chi connectivity index (χ0n) is 11.9. The molecule has 0 N–H and O–H groups in total. The van der Waals surface area contributed by atoms with Crippen LogP contribution < -0.4 is 4.74 Å². The van der Waals surface area contributed by atoms with E-state index >= 15 is 0 Å². The minimum atomic E-state index is -0.231. The summed E-state index contributed by atoms with van der Waals surface area (Å²) in [5.74, 6) is 0.385. The smallest absolute Gasteiger partial charge is 0.277 e. The number of hydrogen-bond acceptors (Lipinski definition) is 3. The summed E-state index contributed by atoms with van der Waals surface area (Å²) in [6.45, 7) is 0.387. The van der Waals surface area contributed by atoms with Crippen molar-refractivity contribution >= 4 is 17.5 Å². The van der Waals surface area contributed by atoms with Gasteiger partial charge in [0.15, 0.2) is 0 Å². The molecule has 0 atom stereocenters. The van der Waals surface area contributed by atoms with Crippen LogP contribution >= 0.6 is 11.6 Å². The Morgan fingerprint density at radius 3 is 2.67 bits per heavy atom. The Bertz CT molecular complexity index is 630. The molecule has 0 aliphatic carbocycles. The number of ether oxygens (including phenoxy) is 1. The van der Waals surface area contributed by atoms with Crippen molar-refractivity contribution in [2.75, 3.05) is 14.2 Å². The molecular formula is C16H16ClNO3. The second-order valence-corrected chi connectivity index (χ2v) is 4.87. The summed E-state index contributed by atoms with van der Waals surface area (Å²) in [5, 5.41) is 1.83. The van der Waals surface area contributed by atoms with Gasteiger partial charge >= 0.3 is 0 Å². The molecule has 0 aliphatic rings. The van der Waals surface area contributed by atoms with Crippen LogP contribution in [0, 0.1) is 0 Å². The summed E-state index contributed by atoms with van der Waals surface area (Å²) in [6.07, 6.45) is 0. The normalized spacial score (nSPS) is 10.2. The summed E-state index contributed by atoms with van der Waals surface area (Å²) in [7, 11) is 3.00. The Kier molecular flexibility index (Phi) is 5.20. The molecule has 0 unspecified atom stereocenters. The third-order valence-corrected chi connectivity index (χ3v) is 3.17. The number of benzene rings is 2. The van der Waals surface area contributed by atoms with Crippen molar-refractivity contribution in [2.45, 2.75) is 6.61 Å². The number of nitrogens with zero attached hydrogens (tertiary/aromatic N) is 1. The first kappa shape index (κ1) is 15.4. The molecule has 0 bridgehead atoms. The van der Waals surface area contributed by atoms with E-state index in [0.29, 0.717) is 22.9 Å². The van der Waals surface area contributed by atoms with E-state index in [1.165, 1.54) is 7.11 Å². The Labute approximate surface area is 128 Å². The Morgan fingerprint density at radius 2 is 1.95 bits per heavy atom. The predicted octanol–water partition coefficient (Wildman–Crippen LogP) is 3.55. The van der Waals surface area contributed by atoms with Gasteiger partial charge in [0.2, 0.25) is 0 Å². The van der Waals surface area contributed by atoms with Crippen molar-refractivity contribution in [2.24, 2.45) is 0 Å². The van der Waals surface area contributed by atoms with Crippen molar-refractivity contribution in [3.05, 3.63) is 64.7 Å². The standard InChI is InChI=1S/C16H16ClNO3/c1-18(20-2)16(19)13-6-4-8-15(10-13)21-11-12-5-3-7-14(17)9-12/h3-10H,11H2,1-2H3. The molecule has 0 saturated carbocycles. The summed E-state index contributed by atoms with van der Waals surface area (Å²) < 4.78 is 5.68. The van der Waals surface area contributed by atoms with E-state index in [2.05, 4.69) is 0 Å². The van der Waals surface area contributed by atoms with Gasteiger partial charge in [-0.3, -0.25) is 9.63 Å². The van der Waals surface area contributed by atoms with Crippen LogP contribution in [0.4, 0.5) is 0 Å². The number of carbonyl (C=O) groups excluding carboxylic acids is 1. The molecule has 0 heterocycles. The van der Waals surface area contributed by atoms with Crippen molar-refractivity contribution in [1.82, 2.24) is 5.06 Å². The summed E-state index contributed by atoms with van der Waals surface area (Å²) >= 11 is 5.92. The van der Waals surface area contributed by atoms with Gasteiger partial charge in [-0.15, -0.1) is 0 Å². The third-order valence-electron chi connectivity index (χ3n) is 2.94. The fourth-order valence-corrected chi connectivity index (χ4v) is 1.99. The Morgan fingerprint density at radius 1 is 1.19 bits per heavy atom. The molecule has 21 heavy (non-hydrogen) atoms. The molecule has 0 spiro atoms. The van der Waals surface area contributed by atoms with Crippen molar-refractivity contribution in [1.29, 1.82) is 0 Å². The van der Waals surface area contributed by atoms with E-state index < -0.39 is 0 Å². The highest BCUT2D eigenvalue weighted by atomic mass is 35.5.